The number of benzene rings is 1. The van der Waals surface area contributed by atoms with Crippen molar-refractivity contribution in [3.05, 3.63) is 54.0 Å². The fourth-order valence-electron chi connectivity index (χ4n) is 4.10. The summed E-state index contributed by atoms with van der Waals surface area (Å²) in [5, 5.41) is 6.16. The number of nitrogens with one attached hydrogen (secondary N) is 2. The predicted molar refractivity (Wildman–Crippen MR) is 114 cm³/mol. The molecule has 0 unspecified atom stereocenters. The van der Waals surface area contributed by atoms with E-state index in [4.69, 9.17) is 4.74 Å². The molecule has 2 atom stereocenters. The number of urea groups is 1. The van der Waals surface area contributed by atoms with E-state index in [0.29, 0.717) is 49.5 Å². The van der Waals surface area contributed by atoms with E-state index in [9.17, 15) is 14.0 Å². The highest BCUT2D eigenvalue weighted by Gasteiger charge is 2.27. The van der Waals surface area contributed by atoms with Crippen molar-refractivity contribution in [1.82, 2.24) is 20.5 Å². The number of halogens is 1. The molecule has 2 heterocycles. The Labute approximate surface area is 181 Å². The largest absolute Gasteiger partial charge is 0.378 e. The molecule has 2 fully saturated rings. The van der Waals surface area contributed by atoms with Gasteiger partial charge >= 0.3 is 6.03 Å². The summed E-state index contributed by atoms with van der Waals surface area (Å²) < 4.78 is 18.7. The van der Waals surface area contributed by atoms with Crippen LogP contribution in [0.4, 0.5) is 9.18 Å². The zero-order valence-corrected chi connectivity index (χ0v) is 17.4. The Bertz CT molecular complexity index is 915. The van der Waals surface area contributed by atoms with Gasteiger partial charge in [-0.1, -0.05) is 12.1 Å². The van der Waals surface area contributed by atoms with Crippen molar-refractivity contribution in [2.45, 2.75) is 37.8 Å². The van der Waals surface area contributed by atoms with Crippen LogP contribution in [0, 0.1) is 5.82 Å². The first kappa shape index (κ1) is 21.2. The number of carbonyl (C=O) groups excluding carboxylic acids is 2. The van der Waals surface area contributed by atoms with Gasteiger partial charge in [0.1, 0.15) is 5.82 Å². The van der Waals surface area contributed by atoms with Crippen LogP contribution in [-0.2, 0) is 4.74 Å². The molecule has 0 radical (unpaired) electrons. The highest BCUT2D eigenvalue weighted by molar-refractivity contribution is 5.94. The van der Waals surface area contributed by atoms with E-state index in [1.165, 1.54) is 18.3 Å². The van der Waals surface area contributed by atoms with Gasteiger partial charge in [-0.3, -0.25) is 9.78 Å². The molecule has 164 valence electrons. The number of hydrogen-bond acceptors (Lipinski definition) is 4. The number of amides is 3. The molecule has 2 aromatic rings. The van der Waals surface area contributed by atoms with Crippen molar-refractivity contribution in [2.75, 3.05) is 26.3 Å². The minimum Gasteiger partial charge on any atom is -0.378 e. The highest BCUT2D eigenvalue weighted by Crippen LogP contribution is 2.21. The first-order valence-electron chi connectivity index (χ1n) is 10.7. The Morgan fingerprint density at radius 3 is 2.55 bits per heavy atom. The summed E-state index contributed by atoms with van der Waals surface area (Å²) in [7, 11) is 0. The number of aromatic nitrogens is 1. The zero-order chi connectivity index (χ0) is 21.6. The van der Waals surface area contributed by atoms with Crippen LogP contribution in [0.1, 0.15) is 36.0 Å². The van der Waals surface area contributed by atoms with E-state index in [1.54, 1.807) is 29.2 Å². The lowest BCUT2D eigenvalue weighted by Crippen LogP contribution is -2.52. The molecule has 0 bridgehead atoms. The van der Waals surface area contributed by atoms with Gasteiger partial charge in [-0.05, 0) is 49.9 Å². The van der Waals surface area contributed by atoms with Crippen LogP contribution in [-0.4, -0.2) is 60.2 Å². The van der Waals surface area contributed by atoms with Gasteiger partial charge in [-0.15, -0.1) is 0 Å². The lowest BCUT2D eigenvalue weighted by molar-refractivity contribution is 0.0519. The molecule has 1 aromatic carbocycles. The fraction of sp³-hybridized carbons (Fsp3) is 0.435. The van der Waals surface area contributed by atoms with E-state index >= 15 is 0 Å². The molecule has 1 aromatic heterocycles. The molecule has 1 aliphatic heterocycles. The summed E-state index contributed by atoms with van der Waals surface area (Å²) in [5.74, 6) is -0.517. The maximum absolute atomic E-state index is 13.4. The summed E-state index contributed by atoms with van der Waals surface area (Å²) >= 11 is 0. The summed E-state index contributed by atoms with van der Waals surface area (Å²) in [4.78, 5) is 31.2. The van der Waals surface area contributed by atoms with Crippen molar-refractivity contribution in [3.8, 4) is 11.3 Å². The highest BCUT2D eigenvalue weighted by atomic mass is 19.1. The molecule has 2 aliphatic rings. The number of nitrogens with zero attached hydrogens (tertiary/aromatic N) is 2. The molecule has 3 amide bonds. The molecule has 8 heteroatoms. The first-order valence-corrected chi connectivity index (χ1v) is 10.7. The molecule has 0 spiro atoms. The van der Waals surface area contributed by atoms with Gasteiger partial charge in [-0.2, -0.15) is 0 Å². The Balaban J connectivity index is 1.31. The van der Waals surface area contributed by atoms with Crippen molar-refractivity contribution < 1.29 is 18.7 Å². The standard InChI is InChI=1S/C23H27FN4O3/c24-18-4-1-3-16(13-18)21-8-7-17(15-25-21)22(29)26-19-5-2-6-20(14-19)27-23(30)28-9-11-31-12-10-28/h1,3-4,7-8,13,15,19-20H,2,5-6,9-12,14H2,(H,26,29)(H,27,30)/t19-,20-/m0/s1. The Morgan fingerprint density at radius 2 is 1.84 bits per heavy atom. The molecule has 1 aliphatic carbocycles. The number of pyridine rings is 1. The van der Waals surface area contributed by atoms with Crippen molar-refractivity contribution >= 4 is 11.9 Å². The quantitative estimate of drug-likeness (QED) is 0.787. The lowest BCUT2D eigenvalue weighted by Gasteiger charge is -2.33. The van der Waals surface area contributed by atoms with Crippen LogP contribution in [0.2, 0.25) is 0 Å². The first-order chi connectivity index (χ1) is 15.1. The number of carbonyl (C=O) groups is 2. The van der Waals surface area contributed by atoms with Crippen LogP contribution < -0.4 is 10.6 Å². The molecule has 1 saturated carbocycles. The maximum Gasteiger partial charge on any atom is 0.317 e. The second kappa shape index (κ2) is 9.87. The number of hydrogen-bond donors (Lipinski definition) is 2. The monoisotopic (exact) mass is 426 g/mol. The molecule has 1 saturated heterocycles. The zero-order valence-electron chi connectivity index (χ0n) is 17.4. The van der Waals surface area contributed by atoms with Gasteiger partial charge in [0.2, 0.25) is 0 Å². The minimum atomic E-state index is -0.325. The van der Waals surface area contributed by atoms with Gasteiger partial charge in [0, 0.05) is 36.9 Å². The Morgan fingerprint density at radius 1 is 1.06 bits per heavy atom. The number of rotatable bonds is 4. The van der Waals surface area contributed by atoms with Gasteiger partial charge in [-0.25, -0.2) is 9.18 Å². The molecular formula is C23H27FN4O3. The third-order valence-electron chi connectivity index (χ3n) is 5.78. The normalized spacial score (nSPS) is 21.4. The van der Waals surface area contributed by atoms with Crippen molar-refractivity contribution in [1.29, 1.82) is 0 Å². The molecule has 31 heavy (non-hydrogen) atoms. The smallest absolute Gasteiger partial charge is 0.317 e. The van der Waals surface area contributed by atoms with Gasteiger partial charge in [0.25, 0.3) is 5.91 Å². The van der Waals surface area contributed by atoms with Gasteiger partial charge < -0.3 is 20.3 Å². The van der Waals surface area contributed by atoms with Gasteiger partial charge in [0.05, 0.1) is 24.5 Å². The SMILES string of the molecule is O=C(N[C@H]1CCC[C@H](NC(=O)N2CCOCC2)C1)c1ccc(-c2cccc(F)c2)nc1. The van der Waals surface area contributed by atoms with E-state index in [0.717, 1.165) is 19.3 Å². The topological polar surface area (TPSA) is 83.6 Å². The third kappa shape index (κ3) is 5.58. The number of ether oxygens (including phenoxy) is 1. The second-order valence-corrected chi connectivity index (χ2v) is 8.03. The average molecular weight is 426 g/mol. The Kier molecular flexibility index (Phi) is 6.76. The summed E-state index contributed by atoms with van der Waals surface area (Å²) in [6.45, 7) is 2.36. The van der Waals surface area contributed by atoms with E-state index < -0.39 is 0 Å². The van der Waals surface area contributed by atoms with Crippen LogP contribution in [0.15, 0.2) is 42.6 Å². The second-order valence-electron chi connectivity index (χ2n) is 8.03. The molecule has 2 N–H and O–H groups in total. The summed E-state index contributed by atoms with van der Waals surface area (Å²) in [5.41, 5.74) is 1.73. The van der Waals surface area contributed by atoms with Crippen LogP contribution >= 0.6 is 0 Å². The van der Waals surface area contributed by atoms with Crippen molar-refractivity contribution in [3.63, 3.8) is 0 Å². The Hall–Kier alpha value is -3.00. The van der Waals surface area contributed by atoms with E-state index in [1.807, 2.05) is 0 Å². The predicted octanol–water partition coefficient (Wildman–Crippen LogP) is 2.97. The average Bonchev–Trinajstić information content (AvgIpc) is 2.80. The van der Waals surface area contributed by atoms with Gasteiger partial charge in [0.15, 0.2) is 0 Å². The van der Waals surface area contributed by atoms with E-state index in [2.05, 4.69) is 15.6 Å². The van der Waals surface area contributed by atoms with E-state index in [-0.39, 0.29) is 29.8 Å². The van der Waals surface area contributed by atoms with Crippen LogP contribution in [0.3, 0.4) is 0 Å². The fourth-order valence-corrected chi connectivity index (χ4v) is 4.10. The molecule has 7 nitrogen and oxygen atoms in total. The van der Waals surface area contributed by atoms with Crippen LogP contribution in [0.5, 0.6) is 0 Å². The minimum absolute atomic E-state index is 0.000801. The van der Waals surface area contributed by atoms with Crippen molar-refractivity contribution in [2.24, 2.45) is 0 Å². The maximum atomic E-state index is 13.4. The molecule has 4 rings (SSSR count). The lowest BCUT2D eigenvalue weighted by atomic mass is 9.91. The molecular weight excluding hydrogens is 399 g/mol. The summed E-state index contributed by atoms with van der Waals surface area (Å²) in [6, 6.07) is 9.60. The third-order valence-corrected chi connectivity index (χ3v) is 5.78. The number of morpholine rings is 1. The summed E-state index contributed by atoms with van der Waals surface area (Å²) in [6.07, 6.45) is 4.94. The van der Waals surface area contributed by atoms with Crippen LogP contribution in [0.25, 0.3) is 11.3 Å².